The van der Waals surface area contributed by atoms with Crippen LogP contribution in [0, 0.1) is 16.0 Å². The fourth-order valence-corrected chi connectivity index (χ4v) is 2.06. The van der Waals surface area contributed by atoms with E-state index in [1.54, 1.807) is 12.1 Å². The van der Waals surface area contributed by atoms with Gasteiger partial charge in [0.15, 0.2) is 0 Å². The molecule has 3 N–H and O–H groups in total. The summed E-state index contributed by atoms with van der Waals surface area (Å²) in [5.41, 5.74) is 5.25. The van der Waals surface area contributed by atoms with Crippen LogP contribution in [-0.4, -0.2) is 21.5 Å². The molecule has 0 heterocycles. The molecule has 0 bridgehead atoms. The quantitative estimate of drug-likeness (QED) is 0.604. The number of carboxylic acid groups (broad SMARTS) is 1. The molecule has 6 heteroatoms. The average Bonchev–Trinajstić information content (AvgIpc) is 2.28. The highest BCUT2D eigenvalue weighted by molar-refractivity contribution is 5.79. The summed E-state index contributed by atoms with van der Waals surface area (Å²) in [6.07, 6.45) is 0.498. The van der Waals surface area contributed by atoms with Gasteiger partial charge in [0.1, 0.15) is 5.54 Å². The molecule has 0 spiro atoms. The molecule has 1 rings (SSSR count). The van der Waals surface area contributed by atoms with Gasteiger partial charge in [0, 0.05) is 18.6 Å². The van der Waals surface area contributed by atoms with Crippen molar-refractivity contribution in [2.75, 3.05) is 0 Å². The monoisotopic (exact) mass is 266 g/mol. The van der Waals surface area contributed by atoms with Crippen molar-refractivity contribution in [1.82, 2.24) is 0 Å². The van der Waals surface area contributed by atoms with Crippen molar-refractivity contribution in [2.45, 2.75) is 32.2 Å². The highest BCUT2D eigenvalue weighted by atomic mass is 16.6. The highest BCUT2D eigenvalue weighted by Crippen LogP contribution is 2.21. The van der Waals surface area contributed by atoms with Gasteiger partial charge in [-0.3, -0.25) is 14.9 Å². The second kappa shape index (κ2) is 5.79. The Hall–Kier alpha value is -1.95. The van der Waals surface area contributed by atoms with Crippen LogP contribution in [0.2, 0.25) is 0 Å². The van der Waals surface area contributed by atoms with Gasteiger partial charge in [-0.25, -0.2) is 0 Å². The van der Waals surface area contributed by atoms with Crippen LogP contribution in [0.3, 0.4) is 0 Å². The van der Waals surface area contributed by atoms with Crippen molar-refractivity contribution in [3.05, 3.63) is 39.9 Å². The third-order valence-corrected chi connectivity index (χ3v) is 2.87. The predicted octanol–water partition coefficient (Wildman–Crippen LogP) is 1.97. The van der Waals surface area contributed by atoms with E-state index in [-0.39, 0.29) is 18.0 Å². The third-order valence-electron chi connectivity index (χ3n) is 2.87. The summed E-state index contributed by atoms with van der Waals surface area (Å²) in [5.74, 6) is -0.904. The van der Waals surface area contributed by atoms with Crippen LogP contribution in [0.4, 0.5) is 5.69 Å². The number of non-ortho nitro benzene ring substituents is 1. The number of nitrogens with zero attached hydrogens (tertiary/aromatic N) is 1. The number of carboxylic acids is 1. The highest BCUT2D eigenvalue weighted by Gasteiger charge is 2.34. The Morgan fingerprint density at radius 3 is 2.32 bits per heavy atom. The molecule has 0 aliphatic heterocycles. The Kier molecular flexibility index (Phi) is 4.61. The molecule has 0 radical (unpaired) electrons. The number of hydrogen-bond acceptors (Lipinski definition) is 4. The second-order valence-electron chi connectivity index (χ2n) is 5.16. The van der Waals surface area contributed by atoms with E-state index in [4.69, 9.17) is 5.73 Å². The smallest absolute Gasteiger partial charge is 0.324 e. The van der Waals surface area contributed by atoms with Crippen molar-refractivity contribution in [2.24, 2.45) is 11.7 Å². The van der Waals surface area contributed by atoms with Gasteiger partial charge >= 0.3 is 5.97 Å². The maximum Gasteiger partial charge on any atom is 0.324 e. The van der Waals surface area contributed by atoms with Crippen LogP contribution in [0.15, 0.2) is 24.3 Å². The molecular formula is C13H18N2O4. The first kappa shape index (κ1) is 15.1. The molecule has 104 valence electrons. The molecule has 0 saturated carbocycles. The van der Waals surface area contributed by atoms with Crippen LogP contribution >= 0.6 is 0 Å². The lowest BCUT2D eigenvalue weighted by Gasteiger charge is -2.26. The molecule has 1 atom stereocenters. The van der Waals surface area contributed by atoms with Crippen molar-refractivity contribution < 1.29 is 14.8 Å². The zero-order valence-corrected chi connectivity index (χ0v) is 11.0. The number of nitrogens with two attached hydrogens (primary N) is 1. The minimum atomic E-state index is -1.34. The normalized spacial score (nSPS) is 14.1. The minimum Gasteiger partial charge on any atom is -0.480 e. The number of nitro benzene ring substituents is 1. The first-order chi connectivity index (χ1) is 8.74. The van der Waals surface area contributed by atoms with Gasteiger partial charge in [0.05, 0.1) is 4.92 Å². The summed E-state index contributed by atoms with van der Waals surface area (Å²) in [6, 6.07) is 5.80. The molecule has 1 aromatic rings. The van der Waals surface area contributed by atoms with Gasteiger partial charge in [-0.05, 0) is 17.9 Å². The molecule has 0 saturated heterocycles. The summed E-state index contributed by atoms with van der Waals surface area (Å²) in [7, 11) is 0. The van der Waals surface area contributed by atoms with Gasteiger partial charge in [-0.15, -0.1) is 0 Å². The first-order valence-electron chi connectivity index (χ1n) is 6.00. The summed E-state index contributed by atoms with van der Waals surface area (Å²) >= 11 is 0. The number of aliphatic carboxylic acids is 1. The van der Waals surface area contributed by atoms with Gasteiger partial charge in [0.25, 0.3) is 5.69 Å². The van der Waals surface area contributed by atoms with Crippen LogP contribution in [-0.2, 0) is 11.2 Å². The topological polar surface area (TPSA) is 106 Å². The number of hydrogen-bond donors (Lipinski definition) is 2. The van der Waals surface area contributed by atoms with Gasteiger partial charge in [0.2, 0.25) is 0 Å². The van der Waals surface area contributed by atoms with E-state index in [0.717, 1.165) is 0 Å². The Bertz CT molecular complexity index is 470. The van der Waals surface area contributed by atoms with Crippen molar-refractivity contribution in [1.29, 1.82) is 0 Å². The Morgan fingerprint density at radius 1 is 1.42 bits per heavy atom. The molecule has 0 aliphatic rings. The fraction of sp³-hybridized carbons (Fsp3) is 0.462. The lowest BCUT2D eigenvalue weighted by atomic mass is 9.84. The molecular weight excluding hydrogens is 248 g/mol. The lowest BCUT2D eigenvalue weighted by molar-refractivity contribution is -0.384. The summed E-state index contributed by atoms with van der Waals surface area (Å²) in [6.45, 7) is 3.81. The van der Waals surface area contributed by atoms with E-state index in [1.165, 1.54) is 12.1 Å². The van der Waals surface area contributed by atoms with E-state index in [2.05, 4.69) is 0 Å². The predicted molar refractivity (Wildman–Crippen MR) is 70.8 cm³/mol. The van der Waals surface area contributed by atoms with E-state index in [0.29, 0.717) is 12.0 Å². The zero-order chi connectivity index (χ0) is 14.6. The molecule has 1 aromatic carbocycles. The SMILES string of the molecule is CC(C)CC(N)(Cc1ccc([N+](=O)[O-])cc1)C(=O)O. The summed E-state index contributed by atoms with van der Waals surface area (Å²) in [4.78, 5) is 21.3. The Labute approximate surface area is 111 Å². The molecule has 6 nitrogen and oxygen atoms in total. The maximum absolute atomic E-state index is 11.3. The average molecular weight is 266 g/mol. The van der Waals surface area contributed by atoms with E-state index < -0.39 is 16.4 Å². The maximum atomic E-state index is 11.3. The van der Waals surface area contributed by atoms with E-state index in [9.17, 15) is 20.0 Å². The van der Waals surface area contributed by atoms with Crippen molar-refractivity contribution in [3.8, 4) is 0 Å². The zero-order valence-electron chi connectivity index (χ0n) is 11.0. The Balaban J connectivity index is 2.91. The molecule has 0 amide bonds. The van der Waals surface area contributed by atoms with Crippen LogP contribution in [0.1, 0.15) is 25.8 Å². The molecule has 19 heavy (non-hydrogen) atoms. The number of carbonyl (C=O) groups is 1. The summed E-state index contributed by atoms with van der Waals surface area (Å²) in [5, 5.41) is 19.8. The number of rotatable bonds is 6. The minimum absolute atomic E-state index is 0.0226. The van der Waals surface area contributed by atoms with Crippen molar-refractivity contribution >= 4 is 11.7 Å². The fourth-order valence-electron chi connectivity index (χ4n) is 2.06. The van der Waals surface area contributed by atoms with Crippen molar-refractivity contribution in [3.63, 3.8) is 0 Å². The van der Waals surface area contributed by atoms with Gasteiger partial charge < -0.3 is 10.8 Å². The summed E-state index contributed by atoms with van der Waals surface area (Å²) < 4.78 is 0. The van der Waals surface area contributed by atoms with E-state index in [1.807, 2.05) is 13.8 Å². The largest absolute Gasteiger partial charge is 0.480 e. The Morgan fingerprint density at radius 2 is 1.95 bits per heavy atom. The third kappa shape index (κ3) is 4.03. The molecule has 0 fully saturated rings. The van der Waals surface area contributed by atoms with Gasteiger partial charge in [-0.1, -0.05) is 26.0 Å². The standard InChI is InChI=1S/C13H18N2O4/c1-9(2)7-13(14,12(16)17)8-10-3-5-11(6-4-10)15(18)19/h3-6,9H,7-8,14H2,1-2H3,(H,16,17). The molecule has 0 aromatic heterocycles. The second-order valence-corrected chi connectivity index (χ2v) is 5.16. The van der Waals surface area contributed by atoms with Gasteiger partial charge in [-0.2, -0.15) is 0 Å². The lowest BCUT2D eigenvalue weighted by Crippen LogP contribution is -2.50. The molecule has 0 aliphatic carbocycles. The van der Waals surface area contributed by atoms with Crippen LogP contribution in [0.5, 0.6) is 0 Å². The number of benzene rings is 1. The number of nitro groups is 1. The van der Waals surface area contributed by atoms with E-state index >= 15 is 0 Å². The first-order valence-corrected chi connectivity index (χ1v) is 6.00. The molecule has 1 unspecified atom stereocenters. The van der Waals surface area contributed by atoms with Crippen LogP contribution in [0.25, 0.3) is 0 Å². The van der Waals surface area contributed by atoms with Crippen LogP contribution < -0.4 is 5.73 Å².